The summed E-state index contributed by atoms with van der Waals surface area (Å²) in [5, 5.41) is 6.35. The van der Waals surface area contributed by atoms with Gasteiger partial charge >= 0.3 is 0 Å². The lowest BCUT2D eigenvalue weighted by atomic mass is 10.2. The molecule has 2 N–H and O–H groups in total. The second kappa shape index (κ2) is 10.1. The van der Waals surface area contributed by atoms with E-state index in [2.05, 4.69) is 22.5 Å². The molecule has 18 heavy (non-hydrogen) atoms. The molecule has 0 fully saturated rings. The van der Waals surface area contributed by atoms with Crippen molar-refractivity contribution in [3.8, 4) is 0 Å². The van der Waals surface area contributed by atoms with Crippen LogP contribution in [-0.2, 0) is 6.54 Å². The minimum absolute atomic E-state index is 0. The van der Waals surface area contributed by atoms with Crippen molar-refractivity contribution in [3.05, 3.63) is 35.6 Å². The van der Waals surface area contributed by atoms with Gasteiger partial charge in [0, 0.05) is 13.1 Å². The molecule has 5 heteroatoms. The van der Waals surface area contributed by atoms with Gasteiger partial charge in [-0.2, -0.15) is 0 Å². The van der Waals surface area contributed by atoms with Crippen LogP contribution in [0.5, 0.6) is 0 Å². The molecular weight excluding hydrogens is 344 g/mol. The van der Waals surface area contributed by atoms with Crippen LogP contribution >= 0.6 is 24.0 Å². The van der Waals surface area contributed by atoms with Crippen molar-refractivity contribution in [2.45, 2.75) is 26.8 Å². The smallest absolute Gasteiger partial charge is 0.191 e. The fourth-order valence-electron chi connectivity index (χ4n) is 1.39. The zero-order chi connectivity index (χ0) is 12.5. The highest BCUT2D eigenvalue weighted by Gasteiger charge is 1.97. The molecule has 0 saturated carbocycles. The summed E-state index contributed by atoms with van der Waals surface area (Å²) in [5.74, 6) is 0.558. The molecule has 0 heterocycles. The second-order valence-corrected chi connectivity index (χ2v) is 3.75. The molecular formula is C13H21FIN3. The molecule has 1 aromatic rings. The Kier molecular flexibility index (Phi) is 9.63. The van der Waals surface area contributed by atoms with Crippen LogP contribution in [0, 0.1) is 5.82 Å². The molecule has 3 nitrogen and oxygen atoms in total. The van der Waals surface area contributed by atoms with E-state index >= 15 is 0 Å². The summed E-state index contributed by atoms with van der Waals surface area (Å²) in [6, 6.07) is 6.52. The number of halogens is 2. The van der Waals surface area contributed by atoms with Gasteiger partial charge < -0.3 is 10.6 Å². The average Bonchev–Trinajstić information content (AvgIpc) is 2.33. The molecule has 1 aromatic carbocycles. The molecule has 0 spiro atoms. The third kappa shape index (κ3) is 6.78. The van der Waals surface area contributed by atoms with Gasteiger partial charge in [-0.3, -0.25) is 0 Å². The lowest BCUT2D eigenvalue weighted by molar-refractivity contribution is 0.625. The fraction of sp³-hybridized carbons (Fsp3) is 0.462. The van der Waals surface area contributed by atoms with Gasteiger partial charge in [0.25, 0.3) is 0 Å². The molecule has 0 aliphatic heterocycles. The summed E-state index contributed by atoms with van der Waals surface area (Å²) in [6.45, 7) is 6.30. The first-order valence-electron chi connectivity index (χ1n) is 6.03. The van der Waals surface area contributed by atoms with E-state index in [-0.39, 0.29) is 29.8 Å². The number of hydrogen-bond acceptors (Lipinski definition) is 1. The van der Waals surface area contributed by atoms with Gasteiger partial charge in [-0.1, -0.05) is 19.1 Å². The van der Waals surface area contributed by atoms with Crippen LogP contribution < -0.4 is 10.6 Å². The molecule has 0 saturated heterocycles. The summed E-state index contributed by atoms with van der Waals surface area (Å²) in [6.07, 6.45) is 1.05. The van der Waals surface area contributed by atoms with Crippen molar-refractivity contribution >= 4 is 29.9 Å². The normalized spacial score (nSPS) is 10.7. The van der Waals surface area contributed by atoms with Crippen LogP contribution in [0.4, 0.5) is 4.39 Å². The lowest BCUT2D eigenvalue weighted by Crippen LogP contribution is -2.37. The second-order valence-electron chi connectivity index (χ2n) is 3.75. The first kappa shape index (κ1) is 17.2. The lowest BCUT2D eigenvalue weighted by Gasteiger charge is -2.10. The maximum absolute atomic E-state index is 13.0. The molecule has 1 rings (SSSR count). The van der Waals surface area contributed by atoms with E-state index in [1.807, 2.05) is 13.0 Å². The van der Waals surface area contributed by atoms with Crippen LogP contribution in [0.2, 0.25) is 0 Å². The number of guanidine groups is 1. The Balaban J connectivity index is 0.00000289. The minimum atomic E-state index is -0.218. The van der Waals surface area contributed by atoms with Crippen LogP contribution in [-0.4, -0.2) is 19.0 Å². The molecule has 102 valence electrons. The Labute approximate surface area is 125 Å². The van der Waals surface area contributed by atoms with Crippen molar-refractivity contribution in [1.82, 2.24) is 10.6 Å². The van der Waals surface area contributed by atoms with E-state index in [0.717, 1.165) is 31.0 Å². The van der Waals surface area contributed by atoms with Crippen molar-refractivity contribution in [2.24, 2.45) is 4.99 Å². The van der Waals surface area contributed by atoms with Gasteiger partial charge in [-0.25, -0.2) is 9.38 Å². The third-order valence-electron chi connectivity index (χ3n) is 2.20. The first-order chi connectivity index (χ1) is 8.26. The van der Waals surface area contributed by atoms with Gasteiger partial charge in [0.2, 0.25) is 0 Å². The maximum Gasteiger partial charge on any atom is 0.191 e. The summed E-state index contributed by atoms with van der Waals surface area (Å²) in [7, 11) is 0. The van der Waals surface area contributed by atoms with Crippen molar-refractivity contribution in [1.29, 1.82) is 0 Å². The van der Waals surface area contributed by atoms with Gasteiger partial charge in [-0.05, 0) is 31.0 Å². The zero-order valence-corrected chi connectivity index (χ0v) is 13.2. The monoisotopic (exact) mass is 365 g/mol. The number of nitrogens with one attached hydrogen (secondary N) is 2. The van der Waals surface area contributed by atoms with Crippen LogP contribution in [0.15, 0.2) is 29.3 Å². The molecule has 0 aromatic heterocycles. The standard InChI is InChI=1S/C13H20FN3.HI/c1-3-8-16-13(15-4-2)17-10-11-6-5-7-12(14)9-11;/h5-7,9H,3-4,8,10H2,1-2H3,(H2,15,16,17);1H. The largest absolute Gasteiger partial charge is 0.357 e. The predicted molar refractivity (Wildman–Crippen MR) is 84.9 cm³/mol. The maximum atomic E-state index is 13.0. The molecule has 0 aliphatic carbocycles. The van der Waals surface area contributed by atoms with Crippen LogP contribution in [0.1, 0.15) is 25.8 Å². The Morgan fingerprint density at radius 1 is 1.28 bits per heavy atom. The van der Waals surface area contributed by atoms with Crippen LogP contribution in [0.25, 0.3) is 0 Å². The Morgan fingerprint density at radius 2 is 2.06 bits per heavy atom. The van der Waals surface area contributed by atoms with Crippen LogP contribution in [0.3, 0.4) is 0 Å². The topological polar surface area (TPSA) is 36.4 Å². The highest BCUT2D eigenvalue weighted by atomic mass is 127. The van der Waals surface area contributed by atoms with E-state index < -0.39 is 0 Å². The van der Waals surface area contributed by atoms with E-state index in [4.69, 9.17) is 0 Å². The average molecular weight is 365 g/mol. The van der Waals surface area contributed by atoms with E-state index in [1.54, 1.807) is 6.07 Å². The molecule has 0 atom stereocenters. The highest BCUT2D eigenvalue weighted by Crippen LogP contribution is 2.04. The molecule has 0 radical (unpaired) electrons. The number of benzene rings is 1. The quantitative estimate of drug-likeness (QED) is 0.478. The molecule has 0 amide bonds. The highest BCUT2D eigenvalue weighted by molar-refractivity contribution is 14.0. The number of rotatable bonds is 5. The Morgan fingerprint density at radius 3 is 2.67 bits per heavy atom. The summed E-state index contributed by atoms with van der Waals surface area (Å²) in [4.78, 5) is 4.39. The van der Waals surface area contributed by atoms with E-state index in [0.29, 0.717) is 6.54 Å². The molecule has 0 aliphatic rings. The van der Waals surface area contributed by atoms with Crippen molar-refractivity contribution < 1.29 is 4.39 Å². The number of aliphatic imine (C=N–C) groups is 1. The van der Waals surface area contributed by atoms with Gasteiger partial charge in [0.15, 0.2) is 5.96 Å². The van der Waals surface area contributed by atoms with E-state index in [1.165, 1.54) is 12.1 Å². The number of nitrogens with zero attached hydrogens (tertiary/aromatic N) is 1. The van der Waals surface area contributed by atoms with E-state index in [9.17, 15) is 4.39 Å². The number of hydrogen-bond donors (Lipinski definition) is 2. The predicted octanol–water partition coefficient (Wildman–Crippen LogP) is 2.91. The minimum Gasteiger partial charge on any atom is -0.357 e. The Bertz CT molecular complexity index is 369. The van der Waals surface area contributed by atoms with Gasteiger partial charge in [0.1, 0.15) is 5.82 Å². The van der Waals surface area contributed by atoms with Gasteiger partial charge in [-0.15, -0.1) is 24.0 Å². The summed E-state index contributed by atoms with van der Waals surface area (Å²) < 4.78 is 13.0. The Hall–Kier alpha value is -0.850. The zero-order valence-electron chi connectivity index (χ0n) is 10.9. The summed E-state index contributed by atoms with van der Waals surface area (Å²) >= 11 is 0. The molecule has 0 unspecified atom stereocenters. The summed E-state index contributed by atoms with van der Waals surface area (Å²) in [5.41, 5.74) is 0.874. The molecule has 0 bridgehead atoms. The van der Waals surface area contributed by atoms with Crippen molar-refractivity contribution in [3.63, 3.8) is 0 Å². The SMILES string of the molecule is CCCNC(=NCc1cccc(F)c1)NCC.I. The van der Waals surface area contributed by atoms with Gasteiger partial charge in [0.05, 0.1) is 6.54 Å². The fourth-order valence-corrected chi connectivity index (χ4v) is 1.39. The van der Waals surface area contributed by atoms with Crippen molar-refractivity contribution in [2.75, 3.05) is 13.1 Å². The third-order valence-corrected chi connectivity index (χ3v) is 2.20. The first-order valence-corrected chi connectivity index (χ1v) is 6.03.